The quantitative estimate of drug-likeness (QED) is 0.434. The number of para-hydroxylation sites is 1. The molecule has 7 heteroatoms. The van der Waals surface area contributed by atoms with E-state index in [1.54, 1.807) is 4.57 Å². The first kappa shape index (κ1) is 24.8. The van der Waals surface area contributed by atoms with Crippen molar-refractivity contribution in [2.75, 3.05) is 12.3 Å². The molecule has 0 bridgehead atoms. The first-order chi connectivity index (χ1) is 15.2. The van der Waals surface area contributed by atoms with Gasteiger partial charge in [0.2, 0.25) is 5.91 Å². The van der Waals surface area contributed by atoms with Gasteiger partial charge in [-0.05, 0) is 72.9 Å². The molecule has 0 saturated carbocycles. The van der Waals surface area contributed by atoms with E-state index in [4.69, 9.17) is 4.98 Å². The van der Waals surface area contributed by atoms with Gasteiger partial charge in [0.1, 0.15) is 0 Å². The number of piperidine rings is 1. The van der Waals surface area contributed by atoms with Crippen LogP contribution in [0.1, 0.15) is 60.8 Å². The Balaban J connectivity index is 1.86. The summed E-state index contributed by atoms with van der Waals surface area (Å²) in [5.74, 6) is 0.437. The molecule has 1 aromatic carbocycles. The number of rotatable bonds is 8. The first-order valence-electron chi connectivity index (χ1n) is 11.9. The molecule has 2 atom stereocenters. The van der Waals surface area contributed by atoms with E-state index in [1.807, 2.05) is 29.2 Å². The number of thioether (sulfide) groups is 1. The second kappa shape index (κ2) is 10.8. The molecule has 2 heterocycles. The zero-order chi connectivity index (χ0) is 23.4. The molecule has 2 aromatic rings. The summed E-state index contributed by atoms with van der Waals surface area (Å²) >= 11 is 1.39. The summed E-state index contributed by atoms with van der Waals surface area (Å²) in [5, 5.41) is 1.26. The predicted octanol–water partition coefficient (Wildman–Crippen LogP) is 4.40. The van der Waals surface area contributed by atoms with Crippen LogP contribution in [0.15, 0.2) is 34.2 Å². The van der Waals surface area contributed by atoms with Gasteiger partial charge in [0.25, 0.3) is 5.56 Å². The van der Waals surface area contributed by atoms with Crippen LogP contribution in [-0.2, 0) is 11.3 Å². The lowest BCUT2D eigenvalue weighted by Gasteiger charge is -2.39. The number of hydrogen-bond acceptors (Lipinski definition) is 5. The van der Waals surface area contributed by atoms with E-state index in [2.05, 4.69) is 46.4 Å². The molecule has 1 amide bonds. The van der Waals surface area contributed by atoms with Gasteiger partial charge in [-0.15, -0.1) is 0 Å². The van der Waals surface area contributed by atoms with Gasteiger partial charge in [-0.25, -0.2) is 4.98 Å². The van der Waals surface area contributed by atoms with Crippen LogP contribution >= 0.6 is 11.8 Å². The second-order valence-electron chi connectivity index (χ2n) is 9.51. The van der Waals surface area contributed by atoms with E-state index in [-0.39, 0.29) is 23.6 Å². The Bertz CT molecular complexity index is 970. The molecular weight excluding hydrogens is 420 g/mol. The van der Waals surface area contributed by atoms with Crippen molar-refractivity contribution < 1.29 is 4.79 Å². The molecule has 0 spiro atoms. The highest BCUT2D eigenvalue weighted by Crippen LogP contribution is 2.25. The predicted molar refractivity (Wildman–Crippen MR) is 133 cm³/mol. The van der Waals surface area contributed by atoms with Crippen LogP contribution < -0.4 is 5.56 Å². The van der Waals surface area contributed by atoms with Crippen molar-refractivity contribution in [3.05, 3.63) is 34.6 Å². The number of fused-ring (bicyclic) bond motifs is 1. The van der Waals surface area contributed by atoms with Crippen LogP contribution in [0.2, 0.25) is 0 Å². The molecule has 176 valence electrons. The molecule has 3 rings (SSSR count). The SMILES string of the molecule is CC(C)N(CCn1c(SCC(=O)N2C(C)CCCC2C)nc2ccccc2c1=O)C(C)C. The minimum Gasteiger partial charge on any atom is -0.337 e. The van der Waals surface area contributed by atoms with Gasteiger partial charge in [-0.3, -0.25) is 19.1 Å². The molecule has 2 unspecified atom stereocenters. The van der Waals surface area contributed by atoms with E-state index < -0.39 is 0 Å². The number of nitrogens with zero attached hydrogens (tertiary/aromatic N) is 4. The summed E-state index contributed by atoms with van der Waals surface area (Å²) < 4.78 is 1.76. The molecule has 1 aliphatic heterocycles. The third-order valence-corrected chi connectivity index (χ3v) is 7.50. The number of carbonyl (C=O) groups is 1. The minimum absolute atomic E-state index is 0.0299. The highest BCUT2D eigenvalue weighted by molar-refractivity contribution is 7.99. The third-order valence-electron chi connectivity index (χ3n) is 6.54. The summed E-state index contributed by atoms with van der Waals surface area (Å²) in [5.41, 5.74) is 0.658. The van der Waals surface area contributed by atoms with Crippen LogP contribution in [0.4, 0.5) is 0 Å². The van der Waals surface area contributed by atoms with Crippen molar-refractivity contribution in [2.45, 2.75) is 96.7 Å². The fraction of sp³-hybridized carbons (Fsp3) is 0.640. The highest BCUT2D eigenvalue weighted by Gasteiger charge is 2.29. The molecule has 1 aromatic heterocycles. The van der Waals surface area contributed by atoms with Crippen molar-refractivity contribution in [2.24, 2.45) is 0 Å². The number of hydrogen-bond donors (Lipinski definition) is 0. The number of aromatic nitrogens is 2. The summed E-state index contributed by atoms with van der Waals surface area (Å²) in [4.78, 5) is 35.6. The molecular formula is C25H38N4O2S. The molecule has 6 nitrogen and oxygen atoms in total. The Hall–Kier alpha value is -1.86. The van der Waals surface area contributed by atoms with Gasteiger partial charge >= 0.3 is 0 Å². The van der Waals surface area contributed by atoms with E-state index in [0.717, 1.165) is 19.4 Å². The van der Waals surface area contributed by atoms with Crippen molar-refractivity contribution in [1.82, 2.24) is 19.4 Å². The second-order valence-corrected chi connectivity index (χ2v) is 10.5. The number of likely N-dealkylation sites (tertiary alicyclic amines) is 1. The molecule has 1 aliphatic rings. The van der Waals surface area contributed by atoms with E-state index >= 15 is 0 Å². The Morgan fingerprint density at radius 3 is 2.38 bits per heavy atom. The minimum atomic E-state index is -0.0299. The van der Waals surface area contributed by atoms with Crippen LogP contribution in [0.25, 0.3) is 10.9 Å². The van der Waals surface area contributed by atoms with Crippen molar-refractivity contribution in [3.8, 4) is 0 Å². The maximum absolute atomic E-state index is 13.3. The van der Waals surface area contributed by atoms with Gasteiger partial charge in [0.05, 0.1) is 16.7 Å². The molecule has 0 radical (unpaired) electrons. The van der Waals surface area contributed by atoms with E-state index in [1.165, 1.54) is 18.2 Å². The monoisotopic (exact) mass is 458 g/mol. The molecule has 1 saturated heterocycles. The van der Waals surface area contributed by atoms with Gasteiger partial charge in [0.15, 0.2) is 5.16 Å². The van der Waals surface area contributed by atoms with Gasteiger partial charge < -0.3 is 4.90 Å². The highest BCUT2D eigenvalue weighted by atomic mass is 32.2. The fourth-order valence-electron chi connectivity index (χ4n) is 4.90. The number of benzene rings is 1. The number of amides is 1. The van der Waals surface area contributed by atoms with Crippen LogP contribution in [0.3, 0.4) is 0 Å². The standard InChI is InChI=1S/C25H38N4O2S/c1-17(2)27(18(3)4)14-15-28-24(31)21-12-7-8-13-22(21)26-25(28)32-16-23(30)29-19(5)10-9-11-20(29)6/h7-8,12-13,17-20H,9-11,14-16H2,1-6H3. The topological polar surface area (TPSA) is 58.4 Å². The summed E-state index contributed by atoms with van der Waals surface area (Å²) in [7, 11) is 0. The summed E-state index contributed by atoms with van der Waals surface area (Å²) in [6.45, 7) is 14.3. The Morgan fingerprint density at radius 2 is 1.75 bits per heavy atom. The summed E-state index contributed by atoms with van der Waals surface area (Å²) in [6.07, 6.45) is 3.28. The van der Waals surface area contributed by atoms with Gasteiger partial charge in [-0.2, -0.15) is 0 Å². The third kappa shape index (κ3) is 5.54. The van der Waals surface area contributed by atoms with E-state index in [0.29, 0.717) is 40.4 Å². The van der Waals surface area contributed by atoms with E-state index in [9.17, 15) is 9.59 Å². The zero-order valence-electron chi connectivity index (χ0n) is 20.4. The van der Waals surface area contributed by atoms with Crippen molar-refractivity contribution in [1.29, 1.82) is 0 Å². The van der Waals surface area contributed by atoms with Gasteiger partial charge in [0, 0.05) is 37.3 Å². The average molecular weight is 459 g/mol. The normalized spacial score (nSPS) is 19.5. The molecule has 0 aliphatic carbocycles. The zero-order valence-corrected chi connectivity index (χ0v) is 21.2. The molecule has 32 heavy (non-hydrogen) atoms. The van der Waals surface area contributed by atoms with Gasteiger partial charge in [-0.1, -0.05) is 23.9 Å². The largest absolute Gasteiger partial charge is 0.337 e. The first-order valence-corrected chi connectivity index (χ1v) is 12.9. The lowest BCUT2D eigenvalue weighted by Crippen LogP contribution is -2.48. The molecule has 1 fully saturated rings. The van der Waals surface area contributed by atoms with Crippen molar-refractivity contribution in [3.63, 3.8) is 0 Å². The Labute approximate surface area is 196 Å². The Morgan fingerprint density at radius 1 is 1.12 bits per heavy atom. The summed E-state index contributed by atoms with van der Waals surface area (Å²) in [6, 6.07) is 8.79. The van der Waals surface area contributed by atoms with Crippen molar-refractivity contribution >= 4 is 28.6 Å². The Kier molecular flexibility index (Phi) is 8.39. The van der Waals surface area contributed by atoms with Crippen LogP contribution in [-0.4, -0.2) is 61.7 Å². The van der Waals surface area contributed by atoms with Crippen LogP contribution in [0.5, 0.6) is 0 Å². The molecule has 0 N–H and O–H groups in total. The number of carbonyl (C=O) groups excluding carboxylic acids is 1. The van der Waals surface area contributed by atoms with Crippen LogP contribution in [0, 0.1) is 0 Å². The lowest BCUT2D eigenvalue weighted by molar-refractivity contribution is -0.134. The maximum Gasteiger partial charge on any atom is 0.262 e. The fourth-order valence-corrected chi connectivity index (χ4v) is 5.79. The maximum atomic E-state index is 13.3. The lowest BCUT2D eigenvalue weighted by atomic mass is 9.98. The smallest absolute Gasteiger partial charge is 0.262 e. The average Bonchev–Trinajstić information content (AvgIpc) is 2.73.